The number of para-hydroxylation sites is 1. The number of nitrogen functional groups attached to an aromatic ring is 1. The highest BCUT2D eigenvalue weighted by atomic mass is 15.8. The third-order valence-corrected chi connectivity index (χ3v) is 10.9. The van der Waals surface area contributed by atoms with Crippen LogP contribution in [-0.4, -0.2) is 63.6 Å². The minimum atomic E-state index is 0.498. The van der Waals surface area contributed by atoms with Crippen molar-refractivity contribution in [3.63, 3.8) is 0 Å². The Balaban J connectivity index is 0.000000574. The zero-order chi connectivity index (χ0) is 89.2. The second-order valence-electron chi connectivity index (χ2n) is 18.3. The van der Waals surface area contributed by atoms with Gasteiger partial charge in [0.25, 0.3) is 0 Å². The number of nitrogens with one attached hydrogen (secondary N) is 3. The third kappa shape index (κ3) is 45.9. The van der Waals surface area contributed by atoms with Crippen molar-refractivity contribution >= 4 is 33.9 Å². The zero-order valence-corrected chi connectivity index (χ0v) is 62.1. The minimum Gasteiger partial charge on any atom is -0.397 e. The van der Waals surface area contributed by atoms with Crippen LogP contribution in [0.4, 0.5) is 23.0 Å². The highest BCUT2D eigenvalue weighted by molar-refractivity contribution is 6.00. The molecule has 0 saturated carbocycles. The second-order valence-corrected chi connectivity index (χ2v) is 18.3. The summed E-state index contributed by atoms with van der Waals surface area (Å²) in [6, 6.07) is 12.4. The van der Waals surface area contributed by atoms with Gasteiger partial charge in [0, 0.05) is 423 Å². The topological polar surface area (TPSA) is 1190 Å². The van der Waals surface area contributed by atoms with E-state index in [1.54, 1.807) is 12.4 Å². The number of hydrogen-bond donors (Lipinski definition) is 4. The number of benzene rings is 2. The second kappa shape index (κ2) is 66.7. The maximum absolute atomic E-state index is 6.52. The molecule has 0 aliphatic carbocycles. The molecule has 6 rings (SSSR count). The van der Waals surface area contributed by atoms with Crippen molar-refractivity contribution in [1.29, 1.82) is 11.1 Å². The zero-order valence-electron chi connectivity index (χ0n) is 62.1. The molecule has 5 N–H and O–H groups in total. The number of anilines is 4. The van der Waals surface area contributed by atoms with E-state index >= 15 is 0 Å². The van der Waals surface area contributed by atoms with E-state index in [9.17, 15) is 0 Å². The van der Waals surface area contributed by atoms with Gasteiger partial charge in [-0.1, -0.05) is 18.2 Å². The molecule has 3 aromatic heterocycles. The number of aromatic nitrogens is 5. The molecule has 636 valence electrons. The van der Waals surface area contributed by atoms with Crippen LogP contribution in [0.15, 0.2) is 500 Å². The summed E-state index contributed by atoms with van der Waals surface area (Å²) in [5.74, 6) is 1.10. The molecule has 0 fully saturated rings. The van der Waals surface area contributed by atoms with Gasteiger partial charge in [0.15, 0.2) is 5.82 Å². The Kier molecular flexibility index (Phi) is 50.2. The summed E-state index contributed by atoms with van der Waals surface area (Å²) in [5, 5.41) is 254. The molecule has 0 amide bonds. The van der Waals surface area contributed by atoms with Crippen LogP contribution in [-0.2, 0) is 13.0 Å². The molecule has 95 heteroatoms. The summed E-state index contributed by atoms with van der Waals surface area (Å²) in [6.45, 7) is 4.90. The Hall–Kier alpha value is -21.7. The molecule has 0 bridgehead atoms. The van der Waals surface area contributed by atoms with Gasteiger partial charge in [0.1, 0.15) is 0 Å². The van der Waals surface area contributed by atoms with Crippen LogP contribution in [0.2, 0.25) is 0 Å². The molecule has 0 atom stereocenters. The van der Waals surface area contributed by atoms with Gasteiger partial charge in [0.2, 0.25) is 5.95 Å². The maximum Gasteiger partial charge on any atom is 0.227 e. The van der Waals surface area contributed by atoms with Gasteiger partial charge in [-0.25, -0.2) is 19.9 Å². The number of likely N-dealkylation sites (N-methyl/N-ethyl adjacent to an activating group) is 2. The van der Waals surface area contributed by atoms with Crippen LogP contribution >= 0.6 is 0 Å². The predicted octanol–water partition coefficient (Wildman–Crippen LogP) is 21.2. The normalized spacial score (nSPS) is 14.6. The van der Waals surface area contributed by atoms with E-state index in [0.29, 0.717) is 17.5 Å². The Labute approximate surface area is 683 Å². The average Bonchev–Trinajstić information content (AvgIpc) is 1.59. The van der Waals surface area contributed by atoms with Gasteiger partial charge >= 0.3 is 0 Å². The van der Waals surface area contributed by atoms with Crippen LogP contribution in [0.5, 0.6) is 0 Å². The van der Waals surface area contributed by atoms with Crippen molar-refractivity contribution in [2.45, 2.75) is 26.3 Å². The molecule has 1 aliphatic heterocycles. The monoisotopic (exact) mass is 1740 g/mol. The van der Waals surface area contributed by atoms with E-state index in [2.05, 4.69) is 532 Å². The van der Waals surface area contributed by atoms with Crippen LogP contribution in [0.3, 0.4) is 0 Å². The maximum atomic E-state index is 6.52. The molecule has 126 heavy (non-hydrogen) atoms. The summed E-state index contributed by atoms with van der Waals surface area (Å²) < 4.78 is 2.35. The van der Waals surface area contributed by atoms with Crippen LogP contribution in [0.25, 0.3) is 33.5 Å². The molecular weight excluding hydrogens is 1700 g/mol. The van der Waals surface area contributed by atoms with E-state index in [0.717, 1.165) is 66.2 Å². The predicted molar refractivity (Wildman–Crippen MR) is 372 cm³/mol. The minimum absolute atomic E-state index is 0.498. The summed E-state index contributed by atoms with van der Waals surface area (Å²) in [6.07, 6.45) is 9.75. The summed E-state index contributed by atoms with van der Waals surface area (Å²) in [5.41, 5.74) is 28.0. The van der Waals surface area contributed by atoms with Gasteiger partial charge in [-0.3, -0.25) is 0 Å². The summed E-state index contributed by atoms with van der Waals surface area (Å²) in [7, 11) is 6.22. The summed E-state index contributed by atoms with van der Waals surface area (Å²) >= 11 is 0. The molecule has 2 aromatic carbocycles. The molecule has 4 heterocycles. The molecular formula is C31H37N95. The third-order valence-electron chi connectivity index (χ3n) is 10.9. The number of hydrogen-bond acceptors (Lipinski definition) is 10. The largest absolute Gasteiger partial charge is 0.397 e. The molecule has 0 unspecified atom stereocenters. The van der Waals surface area contributed by atoms with Crippen molar-refractivity contribution in [3.05, 3.63) is 72.3 Å². The highest BCUT2D eigenvalue weighted by Gasteiger charge is 2.22. The van der Waals surface area contributed by atoms with Crippen LogP contribution in [0, 0.1) is 18.0 Å². The first-order valence-electron chi connectivity index (χ1n) is 30.7. The van der Waals surface area contributed by atoms with Crippen molar-refractivity contribution < 1.29 is 0 Å². The number of nitrogens with zero attached hydrogens (tertiary/aromatic N) is 91. The fourth-order valence-corrected chi connectivity index (χ4v) is 6.93. The first-order valence-corrected chi connectivity index (χ1v) is 30.7. The Bertz CT molecular complexity index is 5270. The van der Waals surface area contributed by atoms with Crippen LogP contribution in [0.1, 0.15) is 17.5 Å². The van der Waals surface area contributed by atoms with Crippen molar-refractivity contribution in [3.8, 4) is 22.6 Å². The SMILES string of the molecule is Cc1cc(N(C)CCN(C)C)c(N)cc1Nc1ncc(-c2ncccn2)c(-c2cn3c4c(cccc24)CCC3)n1.N=N/N=N/N=N/N=N/N=N/N=N/N=N/N=N/N=N/N=N/N=N/N=N/N=N/N=N/N=N/N=N/N=N/N=N/N=N/N=N/N=N/N=N/N=N/N=N/N=N/N=N/N=N/N=N/N=N/N=N/N=N/N=N/N=N/N=N/N=N/N=N/N=N/N=N/N=N/N=N/N=N/N=N/N=N. The Morgan fingerprint density at radius 2 is 0.643 bits per heavy atom. The molecule has 1 aliphatic rings. The highest BCUT2D eigenvalue weighted by Crippen LogP contribution is 2.39. The molecule has 0 saturated heterocycles. The number of rotatable bonds is 50. The van der Waals surface area contributed by atoms with E-state index in [1.807, 2.05) is 18.3 Å². The quantitative estimate of drug-likeness (QED) is 0.0164. The van der Waals surface area contributed by atoms with Gasteiger partial charge in [0.05, 0.1) is 28.1 Å². The first kappa shape index (κ1) is 94.9. The molecule has 0 spiro atoms. The van der Waals surface area contributed by atoms with Gasteiger partial charge in [-0.2, -0.15) is 11.1 Å². The lowest BCUT2D eigenvalue weighted by Crippen LogP contribution is -2.29. The van der Waals surface area contributed by atoms with Gasteiger partial charge in [-0.05, 0) is 147 Å². The Morgan fingerprint density at radius 3 is 0.921 bits per heavy atom. The van der Waals surface area contributed by atoms with Gasteiger partial charge in [-0.15, -0.1) is 0 Å². The summed E-state index contributed by atoms with van der Waals surface area (Å²) in [4.78, 5) is 23.1. The fraction of sp³-hybridized carbons (Fsp3) is 0.290. The van der Waals surface area contributed by atoms with Gasteiger partial charge < -0.3 is 25.4 Å². The fourth-order valence-electron chi connectivity index (χ4n) is 6.93. The lowest BCUT2D eigenvalue weighted by Gasteiger charge is -2.24. The van der Waals surface area contributed by atoms with Crippen molar-refractivity contribution in [2.24, 2.45) is 439 Å². The smallest absolute Gasteiger partial charge is 0.227 e. The number of aryl methyl sites for hydroxylation is 3. The van der Waals surface area contributed by atoms with E-state index < -0.39 is 0 Å². The van der Waals surface area contributed by atoms with E-state index in [1.165, 1.54) is 16.5 Å². The lowest BCUT2D eigenvalue weighted by molar-refractivity contribution is 0.416. The molecule has 5 aromatic rings. The van der Waals surface area contributed by atoms with Crippen LogP contribution < -0.4 is 16.0 Å². The van der Waals surface area contributed by atoms with E-state index in [4.69, 9.17) is 21.8 Å². The standard InChI is InChI=1S/C31H35N9.H2N86/c1-20-16-27(39(4)15-14-38(2)3)25(32)17-26(20)36-31-35-18-23(30-33-11-7-12-34-30)28(37-31)24-19-40-13-6-9-21-8-5-10-22(24)29(21)40;1-3-5-7-9-11-13-15-17-19-21-23-25-27-29-31-33-35-37-39-41-43-45-47-49-51-53-55-57-59-61-63-65-67-69-71-73-75-77-79-81-83-85-86-84-82-80-78-76-74-72-70-68-66-64-62-60-58-56-54-52-50-48-46-44-42-40-38-36-34-32-30-28-26-24-22-20-18-16-14-12-10-8-6-4-2/h5,7-8,10-12,16-19H,6,9,13-15,32H2,1-4H3,(H,35,36,37);1-2H/b;3-1?,4-2?,7-5+,8-6+,11-9+,12-10+,15-13+,16-14+,19-17+,20-18+,23-21+,24-22+,27-25+,28-26+,31-29+,32-30+,35-33+,36-34+,39-37+,40-38+,43-41+,44-42+,47-45+,48-46+,51-49+,52-50+,55-53+,56-54+,59-57+,60-58+,63-61+,64-62+,67-65+,68-66+,71-69+,72-70+,75-73+,76-74+,79-77+,80-78+,83-81+,84-82+,86-85+. The molecule has 95 nitrogen and oxygen atoms in total. The lowest BCUT2D eigenvalue weighted by atomic mass is 10.0. The van der Waals surface area contributed by atoms with Crippen molar-refractivity contribution in [1.82, 2.24) is 29.4 Å². The number of nitrogens with two attached hydrogens (primary N) is 1. The average molecular weight is 1740 g/mol. The Morgan fingerprint density at radius 1 is 0.357 bits per heavy atom. The molecule has 0 radical (unpaired) electrons. The first-order chi connectivity index (χ1) is 62.3. The van der Waals surface area contributed by atoms with E-state index in [-0.39, 0.29) is 0 Å². The van der Waals surface area contributed by atoms with Crippen molar-refractivity contribution in [2.75, 3.05) is 50.2 Å².